The fraction of sp³-hybridized carbons (Fsp3) is 0.571. The Morgan fingerprint density at radius 2 is 2.12 bits per heavy atom. The predicted molar refractivity (Wildman–Crippen MR) is 68.4 cm³/mol. The molecule has 0 fully saturated rings. The van der Waals surface area contributed by atoms with Crippen molar-refractivity contribution in [2.75, 3.05) is 13.2 Å². The van der Waals surface area contributed by atoms with Gasteiger partial charge in [0.25, 0.3) is 0 Å². The third-order valence-electron chi connectivity index (χ3n) is 3.30. The van der Waals surface area contributed by atoms with E-state index < -0.39 is 0 Å². The van der Waals surface area contributed by atoms with E-state index in [1.807, 2.05) is 26.0 Å². The van der Waals surface area contributed by atoms with Crippen molar-refractivity contribution in [3.8, 4) is 0 Å². The molecule has 0 aliphatic carbocycles. The first kappa shape index (κ1) is 14.1. The van der Waals surface area contributed by atoms with Gasteiger partial charge in [-0.25, -0.2) is 4.39 Å². The van der Waals surface area contributed by atoms with E-state index >= 15 is 0 Å². The zero-order valence-corrected chi connectivity index (χ0v) is 10.6. The Bertz CT molecular complexity index is 350. The first-order valence-electron chi connectivity index (χ1n) is 6.19. The van der Waals surface area contributed by atoms with Crippen LogP contribution < -0.4 is 5.73 Å². The van der Waals surface area contributed by atoms with Crippen molar-refractivity contribution in [2.45, 2.75) is 32.6 Å². The van der Waals surface area contributed by atoms with Crippen molar-refractivity contribution in [1.29, 1.82) is 0 Å². The first-order valence-corrected chi connectivity index (χ1v) is 6.19. The van der Waals surface area contributed by atoms with Gasteiger partial charge >= 0.3 is 0 Å². The van der Waals surface area contributed by atoms with Gasteiger partial charge in [0.05, 0.1) is 0 Å². The second kappa shape index (κ2) is 6.72. The van der Waals surface area contributed by atoms with E-state index in [1.54, 1.807) is 6.07 Å². The molecule has 1 rings (SSSR count). The van der Waals surface area contributed by atoms with Crippen LogP contribution in [0.3, 0.4) is 0 Å². The van der Waals surface area contributed by atoms with Gasteiger partial charge in [-0.15, -0.1) is 0 Å². The Morgan fingerprint density at radius 3 is 2.59 bits per heavy atom. The van der Waals surface area contributed by atoms with Crippen LogP contribution in [0.25, 0.3) is 0 Å². The molecule has 2 unspecified atom stereocenters. The highest BCUT2D eigenvalue weighted by Gasteiger charge is 2.18. The van der Waals surface area contributed by atoms with E-state index in [1.165, 1.54) is 0 Å². The zero-order valence-electron chi connectivity index (χ0n) is 10.6. The van der Waals surface area contributed by atoms with Crippen molar-refractivity contribution in [1.82, 2.24) is 0 Å². The quantitative estimate of drug-likeness (QED) is 0.801. The number of aliphatic hydroxyl groups excluding tert-OH is 1. The maximum atomic E-state index is 13.9. The van der Waals surface area contributed by atoms with Crippen LogP contribution in [0.15, 0.2) is 18.2 Å². The normalized spacial score (nSPS) is 14.6. The Hall–Kier alpha value is -0.930. The van der Waals surface area contributed by atoms with E-state index in [-0.39, 0.29) is 24.3 Å². The minimum absolute atomic E-state index is 0.0562. The molecule has 0 spiro atoms. The fourth-order valence-corrected chi connectivity index (χ4v) is 2.12. The van der Waals surface area contributed by atoms with Crippen LogP contribution in [0.4, 0.5) is 4.39 Å². The maximum absolute atomic E-state index is 13.9. The summed E-state index contributed by atoms with van der Waals surface area (Å²) in [5.41, 5.74) is 7.24. The number of benzene rings is 1. The molecule has 0 bridgehead atoms. The average molecular weight is 239 g/mol. The highest BCUT2D eigenvalue weighted by molar-refractivity contribution is 5.26. The van der Waals surface area contributed by atoms with Gasteiger partial charge in [0, 0.05) is 6.61 Å². The molecule has 2 atom stereocenters. The molecule has 0 aliphatic rings. The van der Waals surface area contributed by atoms with Gasteiger partial charge in [-0.2, -0.15) is 0 Å². The van der Waals surface area contributed by atoms with Gasteiger partial charge in [-0.1, -0.05) is 19.1 Å². The molecule has 0 aliphatic heterocycles. The molecule has 1 aromatic rings. The Kier molecular flexibility index (Phi) is 5.59. The molecule has 2 nitrogen and oxygen atoms in total. The largest absolute Gasteiger partial charge is 0.396 e. The SMILES string of the molecule is CCC(CC(CN)CO)c1ccc(C)cc1F. The van der Waals surface area contributed by atoms with E-state index in [2.05, 4.69) is 0 Å². The molecule has 3 N–H and O–H groups in total. The van der Waals surface area contributed by atoms with Crippen molar-refractivity contribution in [3.05, 3.63) is 35.1 Å². The number of aryl methyl sites for hydroxylation is 1. The molecule has 96 valence electrons. The van der Waals surface area contributed by atoms with Gasteiger partial charge in [-0.05, 0) is 55.3 Å². The number of hydrogen-bond acceptors (Lipinski definition) is 2. The zero-order chi connectivity index (χ0) is 12.8. The van der Waals surface area contributed by atoms with Crippen molar-refractivity contribution in [3.63, 3.8) is 0 Å². The molecule has 0 amide bonds. The van der Waals surface area contributed by atoms with Crippen LogP contribution in [0, 0.1) is 18.7 Å². The predicted octanol–water partition coefficient (Wildman–Crippen LogP) is 2.59. The minimum atomic E-state index is -0.148. The molecule has 17 heavy (non-hydrogen) atoms. The summed E-state index contributed by atoms with van der Waals surface area (Å²) in [5, 5.41) is 9.16. The maximum Gasteiger partial charge on any atom is 0.126 e. The second-order valence-corrected chi connectivity index (χ2v) is 4.65. The standard InChI is InChI=1S/C14H22FNO/c1-3-12(7-11(8-16)9-17)13-5-4-10(2)6-14(13)15/h4-6,11-12,17H,3,7-9,16H2,1-2H3. The monoisotopic (exact) mass is 239 g/mol. The molecule has 0 saturated heterocycles. The second-order valence-electron chi connectivity index (χ2n) is 4.65. The van der Waals surface area contributed by atoms with E-state index in [0.717, 1.165) is 24.0 Å². The summed E-state index contributed by atoms with van der Waals surface area (Å²) in [7, 11) is 0. The average Bonchev–Trinajstić information content (AvgIpc) is 2.32. The topological polar surface area (TPSA) is 46.2 Å². The molecule has 0 aromatic heterocycles. The van der Waals surface area contributed by atoms with Gasteiger partial charge in [0.15, 0.2) is 0 Å². The van der Waals surface area contributed by atoms with Crippen molar-refractivity contribution >= 4 is 0 Å². The highest BCUT2D eigenvalue weighted by Crippen LogP contribution is 2.29. The van der Waals surface area contributed by atoms with E-state index in [9.17, 15) is 4.39 Å². The number of nitrogens with two attached hydrogens (primary N) is 1. The lowest BCUT2D eigenvalue weighted by Crippen LogP contribution is -2.21. The summed E-state index contributed by atoms with van der Waals surface area (Å²) in [4.78, 5) is 0. The number of halogens is 1. The fourth-order valence-electron chi connectivity index (χ4n) is 2.12. The minimum Gasteiger partial charge on any atom is -0.396 e. The summed E-state index contributed by atoms with van der Waals surface area (Å²) in [6, 6.07) is 5.34. The smallest absolute Gasteiger partial charge is 0.126 e. The number of hydrogen-bond donors (Lipinski definition) is 2. The Morgan fingerprint density at radius 1 is 1.41 bits per heavy atom. The molecule has 0 radical (unpaired) electrons. The summed E-state index contributed by atoms with van der Waals surface area (Å²) >= 11 is 0. The van der Waals surface area contributed by atoms with Crippen LogP contribution in [-0.4, -0.2) is 18.3 Å². The summed E-state index contributed by atoms with van der Waals surface area (Å²) in [6.07, 6.45) is 1.60. The molecule has 1 aromatic carbocycles. The van der Waals surface area contributed by atoms with Crippen LogP contribution >= 0.6 is 0 Å². The lowest BCUT2D eigenvalue weighted by atomic mass is 9.86. The molecule has 0 saturated carbocycles. The lowest BCUT2D eigenvalue weighted by molar-refractivity contribution is 0.214. The highest BCUT2D eigenvalue weighted by atomic mass is 19.1. The van der Waals surface area contributed by atoms with Crippen molar-refractivity contribution < 1.29 is 9.50 Å². The van der Waals surface area contributed by atoms with Crippen LogP contribution in [0.2, 0.25) is 0 Å². The molecular weight excluding hydrogens is 217 g/mol. The van der Waals surface area contributed by atoms with E-state index in [0.29, 0.717) is 6.54 Å². The summed E-state index contributed by atoms with van der Waals surface area (Å²) in [5.74, 6) is 0.0440. The van der Waals surface area contributed by atoms with Crippen LogP contribution in [0.5, 0.6) is 0 Å². The Balaban J connectivity index is 2.85. The van der Waals surface area contributed by atoms with E-state index in [4.69, 9.17) is 10.8 Å². The lowest BCUT2D eigenvalue weighted by Gasteiger charge is -2.21. The van der Waals surface area contributed by atoms with Gasteiger partial charge in [0.2, 0.25) is 0 Å². The van der Waals surface area contributed by atoms with Gasteiger partial charge < -0.3 is 10.8 Å². The van der Waals surface area contributed by atoms with Crippen LogP contribution in [-0.2, 0) is 0 Å². The van der Waals surface area contributed by atoms with Gasteiger partial charge in [0.1, 0.15) is 5.82 Å². The molecular formula is C14H22FNO. The number of aliphatic hydroxyl groups is 1. The Labute approximate surface area is 103 Å². The van der Waals surface area contributed by atoms with Crippen LogP contribution in [0.1, 0.15) is 36.8 Å². The van der Waals surface area contributed by atoms with Gasteiger partial charge in [-0.3, -0.25) is 0 Å². The third kappa shape index (κ3) is 3.79. The number of rotatable bonds is 6. The summed E-state index contributed by atoms with van der Waals surface area (Å²) < 4.78 is 13.9. The summed E-state index contributed by atoms with van der Waals surface area (Å²) in [6.45, 7) is 4.43. The third-order valence-corrected chi connectivity index (χ3v) is 3.30. The first-order chi connectivity index (χ1) is 8.12. The molecule has 0 heterocycles. The molecule has 3 heteroatoms. The van der Waals surface area contributed by atoms with Crippen molar-refractivity contribution in [2.24, 2.45) is 11.7 Å².